The normalized spacial score (nSPS) is 11.8. The molecule has 1 heterocycles. The summed E-state index contributed by atoms with van der Waals surface area (Å²) in [4.78, 5) is 29.7. The fourth-order valence-corrected chi connectivity index (χ4v) is 4.35. The number of rotatable bonds is 7. The third-order valence-corrected chi connectivity index (χ3v) is 5.89. The van der Waals surface area contributed by atoms with E-state index < -0.39 is 0 Å². The predicted octanol–water partition coefficient (Wildman–Crippen LogP) is 4.42. The average molecular weight is 477 g/mol. The summed E-state index contributed by atoms with van der Waals surface area (Å²) in [6, 6.07) is 12.5. The van der Waals surface area contributed by atoms with E-state index in [1.165, 1.54) is 11.3 Å². The lowest BCUT2D eigenvalue weighted by molar-refractivity contribution is 0.0526. The number of nitrogens with zero attached hydrogens (tertiary/aromatic N) is 2. The van der Waals surface area contributed by atoms with Crippen LogP contribution in [-0.4, -0.2) is 36.3 Å². The van der Waals surface area contributed by atoms with Crippen molar-refractivity contribution >= 4 is 49.4 Å². The zero-order chi connectivity index (χ0) is 20.8. The summed E-state index contributed by atoms with van der Waals surface area (Å²) in [5.41, 5.74) is 1.86. The van der Waals surface area contributed by atoms with Crippen LogP contribution in [0, 0.1) is 0 Å². The second-order valence-corrected chi connectivity index (χ2v) is 7.90. The standard InChI is InChI=1S/C21H21BrN2O4S/c1-3-27-12-11-24-17-10-9-14(20(26)28-4-2)13-18(17)29-21(24)23-19(25)15-7-5-6-8-16(15)22/h5-10,13H,3-4,11-12H2,1-2H3. The van der Waals surface area contributed by atoms with E-state index in [2.05, 4.69) is 20.9 Å². The molecule has 0 bridgehead atoms. The molecule has 1 amide bonds. The fourth-order valence-electron chi connectivity index (χ4n) is 2.80. The highest BCUT2D eigenvalue weighted by Crippen LogP contribution is 2.21. The van der Waals surface area contributed by atoms with Crippen molar-refractivity contribution in [3.63, 3.8) is 0 Å². The molecule has 2 aromatic carbocycles. The maximum absolute atomic E-state index is 12.7. The zero-order valence-electron chi connectivity index (χ0n) is 16.2. The van der Waals surface area contributed by atoms with E-state index in [0.29, 0.717) is 46.8 Å². The van der Waals surface area contributed by atoms with Crippen LogP contribution in [0.3, 0.4) is 0 Å². The molecule has 0 saturated heterocycles. The van der Waals surface area contributed by atoms with Gasteiger partial charge in [0.05, 0.1) is 34.6 Å². The Bertz CT molecular complexity index is 1100. The number of carbonyl (C=O) groups excluding carboxylic acids is 2. The number of esters is 1. The number of amides is 1. The van der Waals surface area contributed by atoms with E-state index in [9.17, 15) is 9.59 Å². The molecule has 3 rings (SSSR count). The minimum atomic E-state index is -0.369. The van der Waals surface area contributed by atoms with Gasteiger partial charge in [-0.15, -0.1) is 0 Å². The lowest BCUT2D eigenvalue weighted by Crippen LogP contribution is -2.19. The molecule has 0 aliphatic heterocycles. The highest BCUT2D eigenvalue weighted by atomic mass is 79.9. The van der Waals surface area contributed by atoms with Crippen LogP contribution in [0.4, 0.5) is 0 Å². The van der Waals surface area contributed by atoms with Crippen molar-refractivity contribution in [2.45, 2.75) is 20.4 Å². The highest BCUT2D eigenvalue weighted by molar-refractivity contribution is 9.10. The summed E-state index contributed by atoms with van der Waals surface area (Å²) < 4.78 is 14.1. The Kier molecular flexibility index (Phi) is 7.35. The van der Waals surface area contributed by atoms with Gasteiger partial charge in [-0.2, -0.15) is 4.99 Å². The number of ether oxygens (including phenoxy) is 2. The topological polar surface area (TPSA) is 69.9 Å². The van der Waals surface area contributed by atoms with Crippen LogP contribution in [0.2, 0.25) is 0 Å². The lowest BCUT2D eigenvalue weighted by Gasteiger charge is -2.06. The number of aromatic nitrogens is 1. The van der Waals surface area contributed by atoms with Gasteiger partial charge in [0.2, 0.25) is 0 Å². The molecule has 152 valence electrons. The first-order chi connectivity index (χ1) is 14.0. The van der Waals surface area contributed by atoms with Gasteiger partial charge in [-0.25, -0.2) is 4.79 Å². The van der Waals surface area contributed by atoms with E-state index in [-0.39, 0.29) is 11.9 Å². The average Bonchev–Trinajstić information content (AvgIpc) is 3.05. The molecule has 0 atom stereocenters. The quantitative estimate of drug-likeness (QED) is 0.373. The molecule has 29 heavy (non-hydrogen) atoms. The summed E-state index contributed by atoms with van der Waals surface area (Å²) >= 11 is 4.76. The monoisotopic (exact) mass is 476 g/mol. The van der Waals surface area contributed by atoms with Crippen molar-refractivity contribution in [3.05, 3.63) is 62.9 Å². The Labute approximate surface area is 180 Å². The van der Waals surface area contributed by atoms with Crippen molar-refractivity contribution in [3.8, 4) is 0 Å². The Hall–Kier alpha value is -2.29. The minimum Gasteiger partial charge on any atom is -0.462 e. The lowest BCUT2D eigenvalue weighted by atomic mass is 10.2. The maximum Gasteiger partial charge on any atom is 0.338 e. The summed E-state index contributed by atoms with van der Waals surface area (Å²) in [5.74, 6) is -0.703. The Balaban J connectivity index is 2.08. The molecule has 0 aliphatic rings. The molecule has 6 nitrogen and oxygen atoms in total. The largest absolute Gasteiger partial charge is 0.462 e. The number of carbonyl (C=O) groups is 2. The summed E-state index contributed by atoms with van der Waals surface area (Å²) in [5, 5.41) is 0. The molecule has 0 saturated carbocycles. The fraction of sp³-hybridized carbons (Fsp3) is 0.286. The molecule has 1 aromatic heterocycles. The van der Waals surface area contributed by atoms with Gasteiger partial charge in [0.1, 0.15) is 0 Å². The molecular formula is C21H21BrN2O4S. The predicted molar refractivity (Wildman–Crippen MR) is 116 cm³/mol. The molecule has 3 aromatic rings. The number of hydrogen-bond donors (Lipinski definition) is 0. The second-order valence-electron chi connectivity index (χ2n) is 6.03. The number of halogens is 1. The summed E-state index contributed by atoms with van der Waals surface area (Å²) in [6.07, 6.45) is 0. The van der Waals surface area contributed by atoms with Gasteiger partial charge in [-0.05, 0) is 60.1 Å². The van der Waals surface area contributed by atoms with Crippen LogP contribution in [-0.2, 0) is 16.0 Å². The number of thiazole rings is 1. The molecule has 0 fully saturated rings. The highest BCUT2D eigenvalue weighted by Gasteiger charge is 2.14. The molecule has 0 aliphatic carbocycles. The summed E-state index contributed by atoms with van der Waals surface area (Å²) in [7, 11) is 0. The van der Waals surface area contributed by atoms with Crippen LogP contribution in [0.15, 0.2) is 51.9 Å². The van der Waals surface area contributed by atoms with E-state index in [1.54, 1.807) is 31.2 Å². The van der Waals surface area contributed by atoms with Crippen molar-refractivity contribution < 1.29 is 19.1 Å². The van der Waals surface area contributed by atoms with Crippen LogP contribution >= 0.6 is 27.3 Å². The van der Waals surface area contributed by atoms with Crippen LogP contribution in [0.1, 0.15) is 34.6 Å². The Morgan fingerprint density at radius 3 is 2.66 bits per heavy atom. The van der Waals surface area contributed by atoms with E-state index in [4.69, 9.17) is 9.47 Å². The second kappa shape index (κ2) is 9.96. The number of hydrogen-bond acceptors (Lipinski definition) is 5. The van der Waals surface area contributed by atoms with E-state index in [0.717, 1.165) is 10.2 Å². The first-order valence-corrected chi connectivity index (χ1v) is 10.9. The third-order valence-electron chi connectivity index (χ3n) is 4.16. The molecule has 0 unspecified atom stereocenters. The SMILES string of the molecule is CCOCCn1c(=NC(=O)c2ccccc2Br)sc2cc(C(=O)OCC)ccc21. The van der Waals surface area contributed by atoms with Crippen LogP contribution in [0.25, 0.3) is 10.2 Å². The van der Waals surface area contributed by atoms with Gasteiger partial charge in [0.25, 0.3) is 5.91 Å². The van der Waals surface area contributed by atoms with Gasteiger partial charge in [0.15, 0.2) is 4.80 Å². The van der Waals surface area contributed by atoms with Crippen molar-refractivity contribution in [2.24, 2.45) is 4.99 Å². The minimum absolute atomic E-state index is 0.316. The zero-order valence-corrected chi connectivity index (χ0v) is 18.6. The Morgan fingerprint density at radius 2 is 1.93 bits per heavy atom. The molecule has 8 heteroatoms. The number of benzene rings is 2. The first-order valence-electron chi connectivity index (χ1n) is 9.27. The molecular weight excluding hydrogens is 456 g/mol. The van der Waals surface area contributed by atoms with Gasteiger partial charge in [0, 0.05) is 17.6 Å². The molecule has 0 spiro atoms. The third kappa shape index (κ3) is 5.01. The van der Waals surface area contributed by atoms with Crippen molar-refractivity contribution in [1.29, 1.82) is 0 Å². The van der Waals surface area contributed by atoms with Gasteiger partial charge >= 0.3 is 5.97 Å². The van der Waals surface area contributed by atoms with Gasteiger partial charge < -0.3 is 14.0 Å². The van der Waals surface area contributed by atoms with Crippen molar-refractivity contribution in [1.82, 2.24) is 4.57 Å². The smallest absolute Gasteiger partial charge is 0.338 e. The first kappa shape index (κ1) is 21.4. The van der Waals surface area contributed by atoms with Crippen molar-refractivity contribution in [2.75, 3.05) is 19.8 Å². The van der Waals surface area contributed by atoms with Gasteiger partial charge in [-0.1, -0.05) is 23.5 Å². The van der Waals surface area contributed by atoms with Gasteiger partial charge in [-0.3, -0.25) is 4.79 Å². The van der Waals surface area contributed by atoms with Crippen LogP contribution < -0.4 is 4.80 Å². The van der Waals surface area contributed by atoms with E-state index in [1.807, 2.05) is 29.7 Å². The molecule has 0 radical (unpaired) electrons. The summed E-state index contributed by atoms with van der Waals surface area (Å²) in [6.45, 7) is 5.68. The Morgan fingerprint density at radius 1 is 1.14 bits per heavy atom. The van der Waals surface area contributed by atoms with Crippen LogP contribution in [0.5, 0.6) is 0 Å². The molecule has 0 N–H and O–H groups in total. The number of fused-ring (bicyclic) bond motifs is 1. The maximum atomic E-state index is 12.7. The van der Waals surface area contributed by atoms with E-state index >= 15 is 0 Å².